The van der Waals surface area contributed by atoms with Crippen LogP contribution in [0.25, 0.3) is 0 Å². The molecule has 6 heteroatoms. The van der Waals surface area contributed by atoms with Crippen LogP contribution in [0, 0.1) is 6.92 Å². The Hall–Kier alpha value is -3.15. The molecule has 0 spiro atoms. The molecule has 1 aliphatic heterocycles. The fourth-order valence-electron chi connectivity index (χ4n) is 3.11. The van der Waals surface area contributed by atoms with E-state index in [-0.39, 0.29) is 30.7 Å². The first-order valence-corrected chi connectivity index (χ1v) is 9.09. The smallest absolute Gasteiger partial charge is 0.251 e. The molecular weight excluding hydrogens is 342 g/mol. The Morgan fingerprint density at radius 3 is 2.67 bits per heavy atom. The number of aryl methyl sites for hydroxylation is 1. The topological polar surface area (TPSA) is 78.5 Å². The van der Waals surface area contributed by atoms with Gasteiger partial charge in [-0.15, -0.1) is 0 Å². The van der Waals surface area contributed by atoms with Gasteiger partial charge in [0.2, 0.25) is 11.8 Å². The molecule has 0 bridgehead atoms. The molecule has 2 aromatic carbocycles. The quantitative estimate of drug-likeness (QED) is 0.826. The zero-order chi connectivity index (χ0) is 19.2. The van der Waals surface area contributed by atoms with Gasteiger partial charge in [-0.3, -0.25) is 14.4 Å². The third kappa shape index (κ3) is 4.73. The number of benzene rings is 2. The van der Waals surface area contributed by atoms with Crippen LogP contribution in [0.4, 0.5) is 11.4 Å². The van der Waals surface area contributed by atoms with Crippen molar-refractivity contribution in [2.45, 2.75) is 26.2 Å². The van der Waals surface area contributed by atoms with Gasteiger partial charge in [0.1, 0.15) is 0 Å². The van der Waals surface area contributed by atoms with E-state index in [2.05, 4.69) is 10.6 Å². The fourth-order valence-corrected chi connectivity index (χ4v) is 3.11. The van der Waals surface area contributed by atoms with Crippen molar-refractivity contribution in [3.05, 3.63) is 59.7 Å². The van der Waals surface area contributed by atoms with Crippen LogP contribution >= 0.6 is 0 Å². The molecule has 0 unspecified atom stereocenters. The number of nitrogens with one attached hydrogen (secondary N) is 2. The average Bonchev–Trinajstić information content (AvgIpc) is 3.08. The van der Waals surface area contributed by atoms with E-state index in [9.17, 15) is 14.4 Å². The van der Waals surface area contributed by atoms with Gasteiger partial charge in [0, 0.05) is 42.9 Å². The Morgan fingerprint density at radius 2 is 1.93 bits per heavy atom. The summed E-state index contributed by atoms with van der Waals surface area (Å²) in [6.07, 6.45) is 1.59. The Balaban J connectivity index is 1.50. The van der Waals surface area contributed by atoms with Crippen molar-refractivity contribution in [3.8, 4) is 0 Å². The van der Waals surface area contributed by atoms with E-state index >= 15 is 0 Å². The van der Waals surface area contributed by atoms with E-state index in [4.69, 9.17) is 0 Å². The van der Waals surface area contributed by atoms with Crippen LogP contribution in [-0.4, -0.2) is 30.8 Å². The Bertz CT molecular complexity index is 863. The SMILES string of the molecule is Cc1ccccc1C(=O)NCCC(=O)Nc1cccc(N2CCCC2=O)c1. The van der Waals surface area contributed by atoms with Gasteiger partial charge in [-0.05, 0) is 43.2 Å². The van der Waals surface area contributed by atoms with Gasteiger partial charge < -0.3 is 15.5 Å². The Morgan fingerprint density at radius 1 is 1.11 bits per heavy atom. The molecule has 0 saturated carbocycles. The number of nitrogens with zero attached hydrogens (tertiary/aromatic N) is 1. The minimum atomic E-state index is -0.190. The summed E-state index contributed by atoms with van der Waals surface area (Å²) in [5, 5.41) is 5.58. The van der Waals surface area contributed by atoms with Gasteiger partial charge in [-0.2, -0.15) is 0 Å². The number of rotatable bonds is 6. The number of carbonyl (C=O) groups is 3. The first-order chi connectivity index (χ1) is 13.0. The van der Waals surface area contributed by atoms with Crippen molar-refractivity contribution >= 4 is 29.1 Å². The highest BCUT2D eigenvalue weighted by molar-refractivity contribution is 5.98. The van der Waals surface area contributed by atoms with Gasteiger partial charge in [0.05, 0.1) is 0 Å². The first-order valence-electron chi connectivity index (χ1n) is 9.09. The summed E-state index contributed by atoms with van der Waals surface area (Å²) in [4.78, 5) is 37.9. The molecule has 3 amide bonds. The molecule has 27 heavy (non-hydrogen) atoms. The van der Waals surface area contributed by atoms with Crippen LogP contribution in [-0.2, 0) is 9.59 Å². The predicted octanol–water partition coefficient (Wildman–Crippen LogP) is 2.88. The minimum absolute atomic E-state index is 0.109. The van der Waals surface area contributed by atoms with Crippen LogP contribution in [0.15, 0.2) is 48.5 Å². The molecule has 2 aromatic rings. The second-order valence-electron chi connectivity index (χ2n) is 6.57. The third-order valence-electron chi connectivity index (χ3n) is 4.54. The number of hydrogen-bond donors (Lipinski definition) is 2. The zero-order valence-electron chi connectivity index (χ0n) is 15.3. The lowest BCUT2D eigenvalue weighted by atomic mass is 10.1. The highest BCUT2D eigenvalue weighted by Crippen LogP contribution is 2.24. The van der Waals surface area contributed by atoms with Gasteiger partial charge in [0.15, 0.2) is 0 Å². The van der Waals surface area contributed by atoms with Gasteiger partial charge >= 0.3 is 0 Å². The molecule has 2 N–H and O–H groups in total. The lowest BCUT2D eigenvalue weighted by Gasteiger charge is -2.16. The van der Waals surface area contributed by atoms with Crippen molar-refractivity contribution in [2.24, 2.45) is 0 Å². The maximum atomic E-state index is 12.2. The molecule has 1 heterocycles. The van der Waals surface area contributed by atoms with Gasteiger partial charge in [-0.1, -0.05) is 24.3 Å². The number of hydrogen-bond acceptors (Lipinski definition) is 3. The minimum Gasteiger partial charge on any atom is -0.352 e. The van der Waals surface area contributed by atoms with Crippen LogP contribution in [0.2, 0.25) is 0 Å². The molecule has 1 saturated heterocycles. The van der Waals surface area contributed by atoms with Crippen molar-refractivity contribution in [3.63, 3.8) is 0 Å². The largest absolute Gasteiger partial charge is 0.352 e. The highest BCUT2D eigenvalue weighted by atomic mass is 16.2. The molecule has 1 fully saturated rings. The molecule has 3 rings (SSSR count). The molecule has 1 aliphatic rings. The van der Waals surface area contributed by atoms with Crippen LogP contribution in [0.3, 0.4) is 0 Å². The second-order valence-corrected chi connectivity index (χ2v) is 6.57. The summed E-state index contributed by atoms with van der Waals surface area (Å²) >= 11 is 0. The molecule has 0 radical (unpaired) electrons. The van der Waals surface area contributed by atoms with Crippen LogP contribution in [0.1, 0.15) is 35.2 Å². The highest BCUT2D eigenvalue weighted by Gasteiger charge is 2.21. The summed E-state index contributed by atoms with van der Waals surface area (Å²) in [5.74, 6) is -0.266. The number of anilines is 2. The Kier molecular flexibility index (Phi) is 5.86. The van der Waals surface area contributed by atoms with Crippen molar-refractivity contribution in [2.75, 3.05) is 23.3 Å². The van der Waals surface area contributed by atoms with E-state index in [0.717, 1.165) is 17.7 Å². The maximum absolute atomic E-state index is 12.2. The lowest BCUT2D eigenvalue weighted by molar-refractivity contribution is -0.117. The van der Waals surface area contributed by atoms with Crippen molar-refractivity contribution < 1.29 is 14.4 Å². The molecule has 140 valence electrons. The molecular formula is C21H23N3O3. The summed E-state index contributed by atoms with van der Waals surface area (Å²) < 4.78 is 0. The monoisotopic (exact) mass is 365 g/mol. The van der Waals surface area contributed by atoms with E-state index in [1.165, 1.54) is 0 Å². The van der Waals surface area contributed by atoms with Crippen LogP contribution in [0.5, 0.6) is 0 Å². The van der Waals surface area contributed by atoms with E-state index < -0.39 is 0 Å². The summed E-state index contributed by atoms with van der Waals surface area (Å²) in [6.45, 7) is 2.84. The molecule has 6 nitrogen and oxygen atoms in total. The van der Waals surface area contributed by atoms with Crippen molar-refractivity contribution in [1.82, 2.24) is 5.32 Å². The molecule has 0 aromatic heterocycles. The van der Waals surface area contributed by atoms with E-state index in [0.29, 0.717) is 24.2 Å². The fraction of sp³-hybridized carbons (Fsp3) is 0.286. The third-order valence-corrected chi connectivity index (χ3v) is 4.54. The Labute approximate surface area is 158 Å². The standard InChI is InChI=1S/C21H23N3O3/c1-15-6-2-3-9-18(15)21(27)22-12-11-19(25)23-16-7-4-8-17(14-16)24-13-5-10-20(24)26/h2-4,6-9,14H,5,10-13H2,1H3,(H,22,27)(H,23,25). The molecule has 0 aliphatic carbocycles. The average molecular weight is 365 g/mol. The van der Waals surface area contributed by atoms with Gasteiger partial charge in [0.25, 0.3) is 5.91 Å². The summed E-state index contributed by atoms with van der Waals surface area (Å²) in [6, 6.07) is 14.6. The maximum Gasteiger partial charge on any atom is 0.251 e. The first kappa shape index (κ1) is 18.6. The van der Waals surface area contributed by atoms with E-state index in [1.807, 2.05) is 37.3 Å². The molecule has 0 atom stereocenters. The summed E-state index contributed by atoms with van der Waals surface area (Å²) in [5.41, 5.74) is 2.94. The number of carbonyl (C=O) groups excluding carboxylic acids is 3. The van der Waals surface area contributed by atoms with E-state index in [1.54, 1.807) is 23.1 Å². The number of amides is 3. The second kappa shape index (κ2) is 8.49. The van der Waals surface area contributed by atoms with Gasteiger partial charge in [-0.25, -0.2) is 0 Å². The lowest BCUT2D eigenvalue weighted by Crippen LogP contribution is -2.28. The zero-order valence-corrected chi connectivity index (χ0v) is 15.3. The predicted molar refractivity (Wildman–Crippen MR) is 105 cm³/mol. The summed E-state index contributed by atoms with van der Waals surface area (Å²) in [7, 11) is 0. The van der Waals surface area contributed by atoms with Crippen LogP contribution < -0.4 is 15.5 Å². The normalized spacial score (nSPS) is 13.5. The van der Waals surface area contributed by atoms with Crippen molar-refractivity contribution in [1.29, 1.82) is 0 Å².